The molecule has 1 aliphatic rings. The molecule has 1 fully saturated rings. The zero-order chi connectivity index (χ0) is 9.68. The molecule has 78 valence electrons. The zero-order valence-electron chi connectivity index (χ0n) is 9.68. The molecule has 0 bridgehead atoms. The summed E-state index contributed by atoms with van der Waals surface area (Å²) in [6, 6.07) is 0. The van der Waals surface area contributed by atoms with Crippen LogP contribution < -0.4 is 0 Å². The Kier molecular flexibility index (Phi) is 4.83. The molecule has 0 aromatic heterocycles. The van der Waals surface area contributed by atoms with Gasteiger partial charge in [0.1, 0.15) is 0 Å². The second-order valence-corrected chi connectivity index (χ2v) is 5.27. The molecule has 3 unspecified atom stereocenters. The molecule has 13 heavy (non-hydrogen) atoms. The molecular formula is C13H26. The highest BCUT2D eigenvalue weighted by Crippen LogP contribution is 2.33. The number of hydrogen-bond donors (Lipinski definition) is 0. The molecule has 0 nitrogen and oxygen atoms in total. The average Bonchev–Trinajstić information content (AvgIpc) is 2.04. The molecule has 0 heterocycles. The van der Waals surface area contributed by atoms with E-state index in [-0.39, 0.29) is 0 Å². The van der Waals surface area contributed by atoms with Crippen LogP contribution in [0.1, 0.15) is 65.7 Å². The molecule has 1 aliphatic carbocycles. The lowest BCUT2D eigenvalue weighted by Gasteiger charge is -2.28. The molecule has 1 rings (SSSR count). The van der Waals surface area contributed by atoms with E-state index in [0.29, 0.717) is 0 Å². The fraction of sp³-hybridized carbons (Fsp3) is 1.00. The lowest BCUT2D eigenvalue weighted by molar-refractivity contribution is 0.239. The van der Waals surface area contributed by atoms with E-state index in [2.05, 4.69) is 20.8 Å². The zero-order valence-corrected chi connectivity index (χ0v) is 9.68. The molecule has 0 aromatic carbocycles. The summed E-state index contributed by atoms with van der Waals surface area (Å²) in [5.74, 6) is 3.04. The Morgan fingerprint density at radius 2 is 2.08 bits per heavy atom. The first kappa shape index (κ1) is 11.1. The molecule has 0 aromatic rings. The normalized spacial score (nSPS) is 31.6. The highest BCUT2D eigenvalue weighted by atomic mass is 14.3. The van der Waals surface area contributed by atoms with Crippen LogP contribution in [0.25, 0.3) is 0 Å². The quantitative estimate of drug-likeness (QED) is 0.594. The molecule has 0 aliphatic heterocycles. The van der Waals surface area contributed by atoms with E-state index < -0.39 is 0 Å². The number of hydrogen-bond acceptors (Lipinski definition) is 0. The lowest BCUT2D eigenvalue weighted by atomic mass is 9.78. The van der Waals surface area contributed by atoms with Crippen LogP contribution in [-0.2, 0) is 0 Å². The van der Waals surface area contributed by atoms with Crippen molar-refractivity contribution in [2.24, 2.45) is 17.8 Å². The topological polar surface area (TPSA) is 0 Å². The first-order chi connectivity index (χ1) is 6.22. The Morgan fingerprint density at radius 1 is 1.31 bits per heavy atom. The van der Waals surface area contributed by atoms with E-state index in [4.69, 9.17) is 0 Å². The van der Waals surface area contributed by atoms with Gasteiger partial charge in [-0.15, -0.1) is 0 Å². The first-order valence-electron chi connectivity index (χ1n) is 6.22. The third-order valence-electron chi connectivity index (χ3n) is 3.56. The van der Waals surface area contributed by atoms with E-state index in [1.807, 2.05) is 0 Å². The third kappa shape index (κ3) is 4.15. The van der Waals surface area contributed by atoms with Crippen LogP contribution in [0.5, 0.6) is 0 Å². The molecule has 0 spiro atoms. The van der Waals surface area contributed by atoms with E-state index in [9.17, 15) is 0 Å². The van der Waals surface area contributed by atoms with Crippen molar-refractivity contribution in [2.45, 2.75) is 65.7 Å². The lowest BCUT2D eigenvalue weighted by Crippen LogP contribution is -2.15. The summed E-state index contributed by atoms with van der Waals surface area (Å²) in [5, 5.41) is 0. The maximum Gasteiger partial charge on any atom is -0.0409 e. The number of rotatable bonds is 4. The van der Waals surface area contributed by atoms with E-state index in [1.165, 1.54) is 44.9 Å². The van der Waals surface area contributed by atoms with Gasteiger partial charge in [-0.05, 0) is 30.6 Å². The highest BCUT2D eigenvalue weighted by Gasteiger charge is 2.20. The van der Waals surface area contributed by atoms with Gasteiger partial charge in [-0.25, -0.2) is 0 Å². The third-order valence-corrected chi connectivity index (χ3v) is 3.56. The average molecular weight is 182 g/mol. The summed E-state index contributed by atoms with van der Waals surface area (Å²) in [7, 11) is 0. The minimum absolute atomic E-state index is 0.972. The van der Waals surface area contributed by atoms with Crippen molar-refractivity contribution in [3.8, 4) is 0 Å². The van der Waals surface area contributed by atoms with Gasteiger partial charge in [0.2, 0.25) is 0 Å². The van der Waals surface area contributed by atoms with Crippen LogP contribution in [-0.4, -0.2) is 0 Å². The molecule has 0 heteroatoms. The first-order valence-corrected chi connectivity index (χ1v) is 6.22. The monoisotopic (exact) mass is 182 g/mol. The van der Waals surface area contributed by atoms with E-state index in [0.717, 1.165) is 17.8 Å². The van der Waals surface area contributed by atoms with Crippen molar-refractivity contribution in [2.75, 3.05) is 0 Å². The van der Waals surface area contributed by atoms with E-state index >= 15 is 0 Å². The Hall–Kier alpha value is 0. The highest BCUT2D eigenvalue weighted by molar-refractivity contribution is 4.72. The summed E-state index contributed by atoms with van der Waals surface area (Å²) in [5.41, 5.74) is 0. The molecule has 0 N–H and O–H groups in total. The van der Waals surface area contributed by atoms with Gasteiger partial charge < -0.3 is 0 Å². The molecule has 1 saturated carbocycles. The summed E-state index contributed by atoms with van der Waals surface area (Å²) >= 11 is 0. The Morgan fingerprint density at radius 3 is 2.69 bits per heavy atom. The van der Waals surface area contributed by atoms with Gasteiger partial charge >= 0.3 is 0 Å². The van der Waals surface area contributed by atoms with Crippen molar-refractivity contribution in [1.82, 2.24) is 0 Å². The predicted molar refractivity (Wildman–Crippen MR) is 59.8 cm³/mol. The van der Waals surface area contributed by atoms with Crippen molar-refractivity contribution in [3.63, 3.8) is 0 Å². The minimum Gasteiger partial charge on any atom is -0.0654 e. The largest absolute Gasteiger partial charge is 0.0654 e. The Bertz CT molecular complexity index is 128. The van der Waals surface area contributed by atoms with Gasteiger partial charge in [0.25, 0.3) is 0 Å². The standard InChI is InChI=1S/C13H26/c1-4-6-11(2)9-13-8-5-7-12(3)10-13/h11-13H,4-10H2,1-3H3. The molecule has 0 radical (unpaired) electrons. The summed E-state index contributed by atoms with van der Waals surface area (Å²) in [6.07, 6.45) is 10.3. The van der Waals surface area contributed by atoms with Crippen LogP contribution >= 0.6 is 0 Å². The summed E-state index contributed by atoms with van der Waals surface area (Å²) in [6.45, 7) is 7.17. The van der Waals surface area contributed by atoms with Crippen LogP contribution in [0, 0.1) is 17.8 Å². The Labute approximate surface area is 84.1 Å². The smallest absolute Gasteiger partial charge is 0.0409 e. The fourth-order valence-electron chi connectivity index (χ4n) is 2.95. The van der Waals surface area contributed by atoms with Crippen molar-refractivity contribution >= 4 is 0 Å². The fourth-order valence-corrected chi connectivity index (χ4v) is 2.95. The van der Waals surface area contributed by atoms with Gasteiger partial charge in [-0.3, -0.25) is 0 Å². The second kappa shape index (κ2) is 5.67. The minimum atomic E-state index is 0.972. The van der Waals surface area contributed by atoms with Crippen molar-refractivity contribution in [1.29, 1.82) is 0 Å². The van der Waals surface area contributed by atoms with Gasteiger partial charge in [0.05, 0.1) is 0 Å². The van der Waals surface area contributed by atoms with Crippen molar-refractivity contribution in [3.05, 3.63) is 0 Å². The SMILES string of the molecule is CCCC(C)CC1CCCC(C)C1. The van der Waals surface area contributed by atoms with Crippen molar-refractivity contribution < 1.29 is 0 Å². The molecule has 0 saturated heterocycles. The van der Waals surface area contributed by atoms with Gasteiger partial charge in [-0.2, -0.15) is 0 Å². The van der Waals surface area contributed by atoms with Gasteiger partial charge in [-0.1, -0.05) is 52.9 Å². The van der Waals surface area contributed by atoms with Crippen LogP contribution in [0.2, 0.25) is 0 Å². The van der Waals surface area contributed by atoms with Gasteiger partial charge in [0, 0.05) is 0 Å². The summed E-state index contributed by atoms with van der Waals surface area (Å²) in [4.78, 5) is 0. The predicted octanol–water partition coefficient (Wildman–Crippen LogP) is 4.64. The van der Waals surface area contributed by atoms with Crippen LogP contribution in [0.4, 0.5) is 0 Å². The molecule has 3 atom stereocenters. The maximum absolute atomic E-state index is 2.43. The molecular weight excluding hydrogens is 156 g/mol. The van der Waals surface area contributed by atoms with Crippen LogP contribution in [0.3, 0.4) is 0 Å². The van der Waals surface area contributed by atoms with Crippen LogP contribution in [0.15, 0.2) is 0 Å². The summed E-state index contributed by atoms with van der Waals surface area (Å²) < 4.78 is 0. The van der Waals surface area contributed by atoms with Gasteiger partial charge in [0.15, 0.2) is 0 Å². The maximum atomic E-state index is 2.43. The Balaban J connectivity index is 2.19. The van der Waals surface area contributed by atoms with E-state index in [1.54, 1.807) is 0 Å². The molecule has 0 amide bonds. The second-order valence-electron chi connectivity index (χ2n) is 5.27.